The summed E-state index contributed by atoms with van der Waals surface area (Å²) in [5.74, 6) is 0.188. The molecule has 10 heavy (non-hydrogen) atoms. The third-order valence-electron chi connectivity index (χ3n) is 1.11. The Labute approximate surface area is 62.3 Å². The third kappa shape index (κ3) is 7.80. The molecule has 0 saturated heterocycles. The van der Waals surface area contributed by atoms with Gasteiger partial charge in [0.15, 0.2) is 0 Å². The molecule has 0 radical (unpaired) electrons. The molecule has 2 N–H and O–H groups in total. The highest BCUT2D eigenvalue weighted by Gasteiger charge is 2.00. The predicted octanol–water partition coefficient (Wildman–Crippen LogP) is 1.82. The lowest BCUT2D eigenvalue weighted by molar-refractivity contribution is 0.389. The molecular formula is C7H15O2P. The first kappa shape index (κ1) is 9.80. The van der Waals surface area contributed by atoms with Gasteiger partial charge < -0.3 is 10.00 Å². The summed E-state index contributed by atoms with van der Waals surface area (Å²) in [5, 5.41) is 8.67. The Morgan fingerprint density at radius 3 is 2.40 bits per heavy atom. The van der Waals surface area contributed by atoms with Crippen LogP contribution in [0.2, 0.25) is 0 Å². The van der Waals surface area contributed by atoms with E-state index in [0.29, 0.717) is 12.6 Å². The van der Waals surface area contributed by atoms with E-state index in [1.54, 1.807) is 6.66 Å². The Morgan fingerprint density at radius 1 is 1.60 bits per heavy atom. The second-order valence-corrected chi connectivity index (χ2v) is 5.86. The molecule has 1 atom stereocenters. The first-order valence-electron chi connectivity index (χ1n) is 3.21. The van der Waals surface area contributed by atoms with Gasteiger partial charge in [0.05, 0.1) is 5.76 Å². The van der Waals surface area contributed by atoms with Crippen LogP contribution in [0.1, 0.15) is 12.8 Å². The Kier molecular flexibility index (Phi) is 3.77. The molecule has 0 saturated carbocycles. The minimum Gasteiger partial charge on any atom is -0.513 e. The van der Waals surface area contributed by atoms with Crippen molar-refractivity contribution >= 4 is 13.4 Å². The number of rotatable bonds is 4. The van der Waals surface area contributed by atoms with Gasteiger partial charge in [-0.1, -0.05) is 12.9 Å². The van der Waals surface area contributed by atoms with Crippen LogP contribution in [0.3, 0.4) is 0 Å². The molecule has 2 nitrogen and oxygen atoms in total. The summed E-state index contributed by atoms with van der Waals surface area (Å²) in [6.07, 6.45) is 5.68. The normalized spacial score (nSPS) is 16.2. The number of aliphatic hydroxyl groups is 1. The summed E-state index contributed by atoms with van der Waals surface area (Å²) in [6.45, 7) is 5.10. The Morgan fingerprint density at radius 2 is 2.10 bits per heavy atom. The Balaban J connectivity index is 3.39. The molecule has 0 fully saturated rings. The Hall–Kier alpha value is -0.200. The summed E-state index contributed by atoms with van der Waals surface area (Å²) >= 11 is 0. The maximum Gasteiger partial charge on any atom is 0.0851 e. The van der Waals surface area contributed by atoms with Gasteiger partial charge in [0.2, 0.25) is 0 Å². The van der Waals surface area contributed by atoms with Crippen LogP contribution in [0.5, 0.6) is 0 Å². The van der Waals surface area contributed by atoms with Gasteiger partial charge in [-0.2, -0.15) is 0 Å². The van der Waals surface area contributed by atoms with E-state index in [1.807, 2.05) is 0 Å². The quantitative estimate of drug-likeness (QED) is 0.489. The summed E-state index contributed by atoms with van der Waals surface area (Å²) < 4.78 is 0. The zero-order valence-electron chi connectivity index (χ0n) is 6.38. The fourth-order valence-electron chi connectivity index (χ4n) is 0.624. The van der Waals surface area contributed by atoms with E-state index in [0.717, 1.165) is 6.42 Å². The molecule has 0 bridgehead atoms. The molecule has 0 rings (SSSR count). The van der Waals surface area contributed by atoms with Crippen LogP contribution >= 0.6 is 7.11 Å². The van der Waals surface area contributed by atoms with E-state index >= 15 is 0 Å². The average Bonchev–Trinajstić information content (AvgIpc) is 1.59. The molecule has 3 heteroatoms. The molecule has 0 aliphatic rings. The number of hydrogen-bond donors (Lipinski definition) is 2. The van der Waals surface area contributed by atoms with E-state index in [2.05, 4.69) is 12.9 Å². The van der Waals surface area contributed by atoms with Crippen LogP contribution in [0.15, 0.2) is 12.3 Å². The van der Waals surface area contributed by atoms with Crippen LogP contribution in [-0.4, -0.2) is 29.1 Å². The van der Waals surface area contributed by atoms with Gasteiger partial charge in [0, 0.05) is 6.42 Å². The van der Waals surface area contributed by atoms with Crippen LogP contribution in [0.25, 0.3) is 0 Å². The van der Waals surface area contributed by atoms with Gasteiger partial charge in [0.25, 0.3) is 0 Å². The largest absolute Gasteiger partial charge is 0.513 e. The van der Waals surface area contributed by atoms with Gasteiger partial charge >= 0.3 is 0 Å². The fourth-order valence-corrected chi connectivity index (χ4v) is 1.46. The lowest BCUT2D eigenvalue weighted by Crippen LogP contribution is -1.88. The highest BCUT2D eigenvalue weighted by molar-refractivity contribution is 7.67. The van der Waals surface area contributed by atoms with Gasteiger partial charge in [-0.25, -0.2) is 0 Å². The Bertz CT molecular complexity index is 157. The molecule has 0 aromatic rings. The van der Waals surface area contributed by atoms with Crippen LogP contribution < -0.4 is 0 Å². The number of hydrogen-bond acceptors (Lipinski definition) is 2. The molecule has 0 aromatic carbocycles. The SMILES string of the molecule is C=C(O)CCCP(=C)(C)O. The van der Waals surface area contributed by atoms with E-state index < -0.39 is 7.11 Å². The van der Waals surface area contributed by atoms with Crippen molar-refractivity contribution in [3.05, 3.63) is 12.3 Å². The van der Waals surface area contributed by atoms with Crippen molar-refractivity contribution in [3.63, 3.8) is 0 Å². The van der Waals surface area contributed by atoms with Crippen molar-refractivity contribution in [3.8, 4) is 0 Å². The molecule has 0 amide bonds. The molecule has 0 aliphatic carbocycles. The first-order chi connectivity index (χ1) is 4.42. The predicted molar refractivity (Wildman–Crippen MR) is 48.1 cm³/mol. The molecular weight excluding hydrogens is 147 g/mol. The third-order valence-corrected chi connectivity index (χ3v) is 2.38. The van der Waals surface area contributed by atoms with Gasteiger partial charge in [-0.3, -0.25) is 0 Å². The molecule has 0 aliphatic heterocycles. The fraction of sp³-hybridized carbons (Fsp3) is 0.571. The second kappa shape index (κ2) is 3.85. The van der Waals surface area contributed by atoms with Crippen LogP contribution in [0, 0.1) is 0 Å². The molecule has 0 spiro atoms. The number of aliphatic hydroxyl groups excluding tert-OH is 1. The lowest BCUT2D eigenvalue weighted by atomic mass is 10.3. The van der Waals surface area contributed by atoms with Crippen molar-refractivity contribution in [2.75, 3.05) is 12.8 Å². The smallest absolute Gasteiger partial charge is 0.0851 e. The van der Waals surface area contributed by atoms with E-state index in [9.17, 15) is 4.89 Å². The van der Waals surface area contributed by atoms with E-state index in [1.165, 1.54) is 0 Å². The van der Waals surface area contributed by atoms with Crippen molar-refractivity contribution in [2.45, 2.75) is 12.8 Å². The molecule has 1 unspecified atom stereocenters. The van der Waals surface area contributed by atoms with Crippen LogP contribution in [-0.2, 0) is 0 Å². The summed E-state index contributed by atoms with van der Waals surface area (Å²) in [6, 6.07) is 0. The molecule has 60 valence electrons. The zero-order valence-corrected chi connectivity index (χ0v) is 7.27. The van der Waals surface area contributed by atoms with Crippen molar-refractivity contribution < 1.29 is 10.00 Å². The van der Waals surface area contributed by atoms with Crippen molar-refractivity contribution in [1.29, 1.82) is 0 Å². The topological polar surface area (TPSA) is 40.5 Å². The van der Waals surface area contributed by atoms with Gasteiger partial charge in [0.1, 0.15) is 0 Å². The van der Waals surface area contributed by atoms with Crippen molar-refractivity contribution in [2.24, 2.45) is 0 Å². The van der Waals surface area contributed by atoms with Gasteiger partial charge in [-0.15, -0.1) is 0 Å². The highest BCUT2D eigenvalue weighted by atomic mass is 31.2. The second-order valence-electron chi connectivity index (χ2n) is 2.73. The van der Waals surface area contributed by atoms with Crippen molar-refractivity contribution in [1.82, 2.24) is 0 Å². The minimum absolute atomic E-state index is 0.188. The maximum absolute atomic E-state index is 9.22. The number of allylic oxidation sites excluding steroid dienone is 1. The maximum atomic E-state index is 9.22. The summed E-state index contributed by atoms with van der Waals surface area (Å²) in [5.41, 5.74) is 0. The molecule has 0 heterocycles. The van der Waals surface area contributed by atoms with Gasteiger partial charge in [-0.05, 0) is 26.4 Å². The summed E-state index contributed by atoms with van der Waals surface area (Å²) in [4.78, 5) is 9.22. The highest BCUT2D eigenvalue weighted by Crippen LogP contribution is 2.35. The molecule has 0 aromatic heterocycles. The lowest BCUT2D eigenvalue weighted by Gasteiger charge is -2.09. The zero-order chi connectivity index (χ0) is 8.20. The monoisotopic (exact) mass is 162 g/mol. The van der Waals surface area contributed by atoms with E-state index in [-0.39, 0.29) is 5.76 Å². The minimum atomic E-state index is -1.87. The summed E-state index contributed by atoms with van der Waals surface area (Å²) in [7, 11) is -1.87. The van der Waals surface area contributed by atoms with E-state index in [4.69, 9.17) is 5.11 Å². The average molecular weight is 162 g/mol. The first-order valence-corrected chi connectivity index (χ1v) is 5.77. The van der Waals surface area contributed by atoms with Crippen LogP contribution in [0.4, 0.5) is 0 Å². The standard InChI is InChI=1S/C7H15O2P/c1-7(8)5-4-6-10(2,3)9/h8-9H,1-2,4-6H2,3H3.